The van der Waals surface area contributed by atoms with Crippen molar-refractivity contribution < 1.29 is 14.3 Å². The Balaban J connectivity index is 1.56. The van der Waals surface area contributed by atoms with Gasteiger partial charge in [-0.2, -0.15) is 0 Å². The second-order valence-corrected chi connectivity index (χ2v) is 7.81. The van der Waals surface area contributed by atoms with Crippen LogP contribution in [0.4, 0.5) is 11.4 Å². The van der Waals surface area contributed by atoms with Crippen LogP contribution in [0.3, 0.4) is 0 Å². The molecule has 1 heterocycles. The van der Waals surface area contributed by atoms with Gasteiger partial charge in [0.1, 0.15) is 5.75 Å². The summed E-state index contributed by atoms with van der Waals surface area (Å²) in [6.45, 7) is 5.85. The topological polar surface area (TPSA) is 58.6 Å². The highest BCUT2D eigenvalue weighted by atomic mass is 16.5. The summed E-state index contributed by atoms with van der Waals surface area (Å²) < 4.78 is 5.72. The quantitative estimate of drug-likeness (QED) is 0.532. The highest BCUT2D eigenvalue weighted by Crippen LogP contribution is 2.36. The maximum Gasteiger partial charge on any atom is 0.268 e. The molecule has 1 N–H and O–H groups in total. The number of anilines is 2. The van der Waals surface area contributed by atoms with E-state index < -0.39 is 6.10 Å². The summed E-state index contributed by atoms with van der Waals surface area (Å²) in [5, 5.41) is 2.99. The predicted molar refractivity (Wildman–Crippen MR) is 127 cm³/mol. The zero-order valence-corrected chi connectivity index (χ0v) is 18.0. The Labute approximate surface area is 188 Å². The molecule has 3 aromatic carbocycles. The number of hydrogen-bond donors (Lipinski definition) is 1. The molecule has 1 aliphatic rings. The molecule has 0 saturated heterocycles. The van der Waals surface area contributed by atoms with Crippen molar-refractivity contribution in [2.45, 2.75) is 25.4 Å². The number of hydrogen-bond acceptors (Lipinski definition) is 3. The van der Waals surface area contributed by atoms with E-state index in [1.165, 1.54) is 0 Å². The minimum Gasteiger partial charge on any atom is -0.479 e. The van der Waals surface area contributed by atoms with Gasteiger partial charge in [-0.25, -0.2) is 0 Å². The first-order chi connectivity index (χ1) is 15.6. The molecule has 5 heteroatoms. The molecule has 2 amide bonds. The Kier molecular flexibility index (Phi) is 6.36. The third-order valence-corrected chi connectivity index (χ3v) is 5.56. The summed E-state index contributed by atoms with van der Waals surface area (Å²) in [6, 6.07) is 25.4. The van der Waals surface area contributed by atoms with Gasteiger partial charge in [0.15, 0.2) is 6.10 Å². The third-order valence-electron chi connectivity index (χ3n) is 5.56. The zero-order chi connectivity index (χ0) is 22.5. The lowest BCUT2D eigenvalue weighted by molar-refractivity contribution is -0.125. The second kappa shape index (κ2) is 9.52. The van der Waals surface area contributed by atoms with Crippen LogP contribution >= 0.6 is 0 Å². The second-order valence-electron chi connectivity index (χ2n) is 7.81. The van der Waals surface area contributed by atoms with Gasteiger partial charge in [0, 0.05) is 24.6 Å². The van der Waals surface area contributed by atoms with Crippen molar-refractivity contribution in [1.29, 1.82) is 0 Å². The van der Waals surface area contributed by atoms with Crippen LogP contribution in [-0.2, 0) is 9.59 Å². The summed E-state index contributed by atoms with van der Waals surface area (Å²) >= 11 is 0. The lowest BCUT2D eigenvalue weighted by Gasteiger charge is -2.32. The summed E-state index contributed by atoms with van der Waals surface area (Å²) in [5.74, 6) is 0.324. The smallest absolute Gasteiger partial charge is 0.268 e. The van der Waals surface area contributed by atoms with Crippen LogP contribution in [0.2, 0.25) is 0 Å². The Morgan fingerprint density at radius 1 is 1.06 bits per heavy atom. The van der Waals surface area contributed by atoms with Gasteiger partial charge in [0.05, 0.1) is 5.69 Å². The van der Waals surface area contributed by atoms with Crippen molar-refractivity contribution in [3.8, 4) is 5.75 Å². The molecule has 1 aliphatic heterocycles. The first-order valence-electron chi connectivity index (χ1n) is 10.7. The highest BCUT2D eigenvalue weighted by Gasteiger charge is 2.31. The van der Waals surface area contributed by atoms with Crippen LogP contribution in [0.15, 0.2) is 91.5 Å². The van der Waals surface area contributed by atoms with Crippen LogP contribution in [0, 0.1) is 0 Å². The Bertz CT molecular complexity index is 1070. The van der Waals surface area contributed by atoms with E-state index in [4.69, 9.17) is 4.74 Å². The molecule has 162 valence electrons. The Morgan fingerprint density at radius 2 is 1.69 bits per heavy atom. The molecule has 3 aromatic rings. The molecule has 0 spiro atoms. The van der Waals surface area contributed by atoms with Crippen LogP contribution in [0.25, 0.3) is 0 Å². The van der Waals surface area contributed by atoms with Gasteiger partial charge in [0.2, 0.25) is 5.91 Å². The van der Waals surface area contributed by atoms with Crippen LogP contribution in [0.5, 0.6) is 5.75 Å². The van der Waals surface area contributed by atoms with Crippen LogP contribution in [-0.4, -0.2) is 24.5 Å². The lowest BCUT2D eigenvalue weighted by Crippen LogP contribution is -2.44. The summed E-state index contributed by atoms with van der Waals surface area (Å²) in [4.78, 5) is 27.2. The molecule has 0 fully saturated rings. The van der Waals surface area contributed by atoms with Gasteiger partial charge >= 0.3 is 0 Å². The molecule has 0 bridgehead atoms. The first kappa shape index (κ1) is 21.4. The average molecular weight is 427 g/mol. The number of ether oxygens (including phenoxy) is 1. The molecular weight excluding hydrogens is 400 g/mol. The molecular formula is C27H26N2O3. The monoisotopic (exact) mass is 426 g/mol. The fraction of sp³-hybridized carbons (Fsp3) is 0.185. The summed E-state index contributed by atoms with van der Waals surface area (Å²) in [5.41, 5.74) is 3.43. The van der Waals surface area contributed by atoms with Crippen molar-refractivity contribution in [2.75, 3.05) is 16.8 Å². The molecule has 4 rings (SSSR count). The van der Waals surface area contributed by atoms with Gasteiger partial charge in [-0.15, -0.1) is 6.58 Å². The fourth-order valence-corrected chi connectivity index (χ4v) is 4.00. The summed E-state index contributed by atoms with van der Waals surface area (Å²) in [6.07, 6.45) is 1.42. The van der Waals surface area contributed by atoms with Crippen molar-refractivity contribution in [2.24, 2.45) is 0 Å². The molecule has 1 unspecified atom stereocenters. The number of nitrogens with one attached hydrogen (secondary N) is 1. The van der Waals surface area contributed by atoms with Gasteiger partial charge in [-0.1, -0.05) is 66.7 Å². The first-order valence-corrected chi connectivity index (χ1v) is 10.7. The maximum atomic E-state index is 13.0. The number of nitrogens with zero attached hydrogens (tertiary/aromatic N) is 1. The van der Waals surface area contributed by atoms with Crippen molar-refractivity contribution in [3.05, 3.63) is 103 Å². The molecule has 0 saturated carbocycles. The fourth-order valence-electron chi connectivity index (χ4n) is 4.00. The minimum atomic E-state index is -0.555. The molecule has 0 aromatic heterocycles. The number of benzene rings is 3. The van der Waals surface area contributed by atoms with Crippen LogP contribution in [0.1, 0.15) is 30.4 Å². The lowest BCUT2D eigenvalue weighted by atomic mass is 9.88. The summed E-state index contributed by atoms with van der Waals surface area (Å²) in [7, 11) is 0. The van der Waals surface area contributed by atoms with E-state index in [1.54, 1.807) is 36.1 Å². The Morgan fingerprint density at radius 3 is 2.28 bits per heavy atom. The van der Waals surface area contributed by atoms with Gasteiger partial charge in [-0.3, -0.25) is 9.59 Å². The van der Waals surface area contributed by atoms with E-state index in [0.717, 1.165) is 11.1 Å². The largest absolute Gasteiger partial charge is 0.479 e. The molecule has 5 nitrogen and oxygen atoms in total. The zero-order valence-electron chi connectivity index (χ0n) is 18.0. The van der Waals surface area contributed by atoms with Crippen molar-refractivity contribution in [1.82, 2.24) is 0 Å². The standard InChI is InChI=1S/C27H26N2O3/c1-3-16-29-24-17-22(14-15-25(24)32-19(2)27(29)31)28-26(30)18-23(20-10-6-4-7-11-20)21-12-8-5-9-13-21/h3-15,17,19,23H,1,16,18H2,2H3,(H,28,30). The number of rotatable bonds is 7. The van der Waals surface area contributed by atoms with E-state index in [-0.39, 0.29) is 17.7 Å². The highest BCUT2D eigenvalue weighted by molar-refractivity contribution is 6.01. The van der Waals surface area contributed by atoms with E-state index in [2.05, 4.69) is 11.9 Å². The van der Waals surface area contributed by atoms with Gasteiger partial charge < -0.3 is 15.0 Å². The van der Waals surface area contributed by atoms with E-state index in [1.807, 2.05) is 60.7 Å². The van der Waals surface area contributed by atoms with Crippen LogP contribution < -0.4 is 15.0 Å². The van der Waals surface area contributed by atoms with Gasteiger partial charge in [0.25, 0.3) is 5.91 Å². The molecule has 32 heavy (non-hydrogen) atoms. The number of amides is 2. The van der Waals surface area contributed by atoms with E-state index in [0.29, 0.717) is 30.1 Å². The predicted octanol–water partition coefficient (Wildman–Crippen LogP) is 5.15. The molecule has 1 atom stereocenters. The third kappa shape index (κ3) is 4.57. The number of carbonyl (C=O) groups is 2. The van der Waals surface area contributed by atoms with E-state index >= 15 is 0 Å². The van der Waals surface area contributed by atoms with Gasteiger partial charge in [-0.05, 0) is 36.2 Å². The average Bonchev–Trinajstić information content (AvgIpc) is 2.82. The number of carbonyl (C=O) groups excluding carboxylic acids is 2. The normalized spacial score (nSPS) is 15.1. The van der Waals surface area contributed by atoms with Crippen molar-refractivity contribution >= 4 is 23.2 Å². The molecule has 0 aliphatic carbocycles. The van der Waals surface area contributed by atoms with E-state index in [9.17, 15) is 9.59 Å². The minimum absolute atomic E-state index is 0.0574. The SMILES string of the molecule is C=CCN1C(=O)C(C)Oc2ccc(NC(=O)CC(c3ccccc3)c3ccccc3)cc21. The number of fused-ring (bicyclic) bond motifs is 1. The van der Waals surface area contributed by atoms with Crippen molar-refractivity contribution in [3.63, 3.8) is 0 Å². The maximum absolute atomic E-state index is 13.0. The Hall–Kier alpha value is -3.86. The molecule has 0 radical (unpaired) electrons.